The summed E-state index contributed by atoms with van der Waals surface area (Å²) in [5.74, 6) is -0.154. The van der Waals surface area contributed by atoms with Gasteiger partial charge in [-0.05, 0) is 38.5 Å². The van der Waals surface area contributed by atoms with Crippen LogP contribution in [0, 0.1) is 5.82 Å². The molecule has 1 saturated heterocycles. The van der Waals surface area contributed by atoms with Crippen LogP contribution in [0.4, 0.5) is 4.39 Å². The van der Waals surface area contributed by atoms with Gasteiger partial charge >= 0.3 is 0 Å². The number of nitrogens with zero attached hydrogens (tertiary/aromatic N) is 3. The lowest BCUT2D eigenvalue weighted by molar-refractivity contribution is -0.0550. The van der Waals surface area contributed by atoms with Gasteiger partial charge in [0.2, 0.25) is 0 Å². The number of halogens is 1. The van der Waals surface area contributed by atoms with Gasteiger partial charge in [-0.3, -0.25) is 9.89 Å². The minimum absolute atomic E-state index is 0.106. The van der Waals surface area contributed by atoms with E-state index in [1.165, 1.54) is 6.07 Å². The smallest absolute Gasteiger partial charge is 0.254 e. The number of aromatic amines is 1. The van der Waals surface area contributed by atoms with E-state index in [0.717, 1.165) is 12.0 Å². The highest BCUT2D eigenvalue weighted by Gasteiger charge is 2.41. The number of hydrogen-bond donors (Lipinski definition) is 2. The maximum Gasteiger partial charge on any atom is 0.254 e. The van der Waals surface area contributed by atoms with E-state index >= 15 is 0 Å². The van der Waals surface area contributed by atoms with Crippen molar-refractivity contribution in [3.8, 4) is 28.5 Å². The quantitative estimate of drug-likeness (QED) is 0.356. The Bertz CT molecular complexity index is 1390. The molecule has 1 aliphatic rings. The van der Waals surface area contributed by atoms with Crippen molar-refractivity contribution in [2.24, 2.45) is 0 Å². The van der Waals surface area contributed by atoms with Crippen LogP contribution in [0.15, 0.2) is 47.0 Å². The zero-order valence-corrected chi connectivity index (χ0v) is 20.2. The first-order valence-electron chi connectivity index (χ1n) is 11.7. The molecular weight excluding hydrogens is 467 g/mol. The summed E-state index contributed by atoms with van der Waals surface area (Å²) in [5.41, 5.74) is 1.92. The number of carbonyl (C=O) groups excluding carboxylic acids is 1. The SMILES string of the molecule is COCCOc1cc2[nH]nc(-c3cc(-c4ccc(C(=O)N5CC[C@H]5C(C)(C)O)cc4)no3)c2cc1F. The summed E-state index contributed by atoms with van der Waals surface area (Å²) in [6, 6.07) is 11.5. The fourth-order valence-corrected chi connectivity index (χ4v) is 4.39. The summed E-state index contributed by atoms with van der Waals surface area (Å²) in [5, 5.41) is 22.1. The third-order valence-corrected chi connectivity index (χ3v) is 6.43. The van der Waals surface area contributed by atoms with Gasteiger partial charge in [-0.25, -0.2) is 4.39 Å². The first kappa shape index (κ1) is 24.0. The first-order valence-corrected chi connectivity index (χ1v) is 11.7. The molecule has 0 spiro atoms. The molecule has 0 unspecified atom stereocenters. The summed E-state index contributed by atoms with van der Waals surface area (Å²) in [4.78, 5) is 14.6. The number of rotatable bonds is 8. The number of methoxy groups -OCH3 is 1. The molecule has 0 radical (unpaired) electrons. The van der Waals surface area contributed by atoms with E-state index in [-0.39, 0.29) is 24.3 Å². The Morgan fingerprint density at radius 3 is 2.69 bits per heavy atom. The lowest BCUT2D eigenvalue weighted by Crippen LogP contribution is -2.60. The average molecular weight is 495 g/mol. The van der Waals surface area contributed by atoms with Crippen LogP contribution in [0.25, 0.3) is 33.6 Å². The maximum absolute atomic E-state index is 14.6. The van der Waals surface area contributed by atoms with E-state index in [4.69, 9.17) is 14.0 Å². The monoisotopic (exact) mass is 494 g/mol. The topological polar surface area (TPSA) is 114 Å². The molecule has 1 aliphatic heterocycles. The molecule has 5 rings (SSSR count). The fourth-order valence-electron chi connectivity index (χ4n) is 4.39. The van der Waals surface area contributed by atoms with Gasteiger partial charge in [0.1, 0.15) is 18.0 Å². The molecule has 0 aliphatic carbocycles. The standard InChI is InChI=1S/C26H27FN4O5/c1-26(2,33)23-8-9-31(23)25(32)16-6-4-15(5-7-16)19-13-22(36-30-19)24-17-12-18(27)21(35-11-10-34-3)14-20(17)28-29-24/h4-7,12-14,23,33H,8-11H2,1-3H3,(H,28,29)/t23-/m0/s1. The second kappa shape index (κ2) is 9.36. The number of carbonyl (C=O) groups is 1. The summed E-state index contributed by atoms with van der Waals surface area (Å²) in [6.07, 6.45) is 0.781. The van der Waals surface area contributed by atoms with Crippen LogP contribution < -0.4 is 4.74 Å². The highest BCUT2D eigenvalue weighted by Crippen LogP contribution is 2.33. The Morgan fingerprint density at radius 2 is 2.03 bits per heavy atom. The van der Waals surface area contributed by atoms with E-state index in [1.807, 2.05) is 0 Å². The molecule has 2 N–H and O–H groups in total. The number of fused-ring (bicyclic) bond motifs is 1. The van der Waals surface area contributed by atoms with E-state index in [0.29, 0.717) is 46.8 Å². The van der Waals surface area contributed by atoms with Gasteiger partial charge in [-0.2, -0.15) is 5.10 Å². The number of nitrogens with one attached hydrogen (secondary N) is 1. The number of aliphatic hydroxyl groups is 1. The van der Waals surface area contributed by atoms with Crippen LogP contribution >= 0.6 is 0 Å². The summed E-state index contributed by atoms with van der Waals surface area (Å²) in [6.45, 7) is 4.64. The number of likely N-dealkylation sites (tertiary alicyclic amines) is 1. The van der Waals surface area contributed by atoms with Crippen molar-refractivity contribution in [3.63, 3.8) is 0 Å². The van der Waals surface area contributed by atoms with Crippen LogP contribution in [0.3, 0.4) is 0 Å². The Kier molecular flexibility index (Phi) is 6.23. The fraction of sp³-hybridized carbons (Fsp3) is 0.346. The Labute approximate surface area is 206 Å². The zero-order chi connectivity index (χ0) is 25.4. The van der Waals surface area contributed by atoms with E-state index in [1.54, 1.807) is 62.3 Å². The van der Waals surface area contributed by atoms with Crippen molar-refractivity contribution in [1.29, 1.82) is 0 Å². The van der Waals surface area contributed by atoms with Crippen LogP contribution in [-0.4, -0.2) is 69.8 Å². The molecule has 1 amide bonds. The molecule has 2 aromatic heterocycles. The molecule has 0 saturated carbocycles. The van der Waals surface area contributed by atoms with Gasteiger partial charge in [0, 0.05) is 42.3 Å². The van der Waals surface area contributed by atoms with Crippen molar-refractivity contribution in [2.75, 3.05) is 26.9 Å². The van der Waals surface area contributed by atoms with E-state index < -0.39 is 11.4 Å². The largest absolute Gasteiger partial charge is 0.488 e. The third-order valence-electron chi connectivity index (χ3n) is 6.43. The molecule has 0 bridgehead atoms. The van der Waals surface area contributed by atoms with Gasteiger partial charge in [-0.15, -0.1) is 0 Å². The Hall–Kier alpha value is -3.76. The first-order chi connectivity index (χ1) is 17.3. The van der Waals surface area contributed by atoms with Crippen molar-refractivity contribution in [3.05, 3.63) is 53.8 Å². The third kappa shape index (κ3) is 4.45. The zero-order valence-electron chi connectivity index (χ0n) is 20.2. The molecule has 36 heavy (non-hydrogen) atoms. The maximum atomic E-state index is 14.6. The van der Waals surface area contributed by atoms with Crippen LogP contribution in [0.1, 0.15) is 30.6 Å². The van der Waals surface area contributed by atoms with E-state index in [2.05, 4.69) is 15.4 Å². The van der Waals surface area contributed by atoms with Gasteiger partial charge in [-0.1, -0.05) is 17.3 Å². The number of amides is 1. The second-order valence-electron chi connectivity index (χ2n) is 9.35. The molecule has 2 aromatic carbocycles. The minimum Gasteiger partial charge on any atom is -0.488 e. The molecule has 9 nitrogen and oxygen atoms in total. The molecule has 4 aromatic rings. The predicted octanol–water partition coefficient (Wildman–Crippen LogP) is 4.03. The average Bonchev–Trinajstić information content (AvgIpc) is 3.44. The number of ether oxygens (including phenoxy) is 2. The van der Waals surface area contributed by atoms with Gasteiger partial charge in [0.15, 0.2) is 17.3 Å². The van der Waals surface area contributed by atoms with Crippen molar-refractivity contribution >= 4 is 16.8 Å². The van der Waals surface area contributed by atoms with Gasteiger partial charge in [0.25, 0.3) is 5.91 Å². The van der Waals surface area contributed by atoms with Crippen LogP contribution in [-0.2, 0) is 4.74 Å². The lowest BCUT2D eigenvalue weighted by atomic mass is 9.87. The van der Waals surface area contributed by atoms with Crippen molar-refractivity contribution in [2.45, 2.75) is 31.9 Å². The van der Waals surface area contributed by atoms with Crippen LogP contribution in [0.2, 0.25) is 0 Å². The number of benzene rings is 2. The molecular formula is C26H27FN4O5. The molecule has 10 heteroatoms. The van der Waals surface area contributed by atoms with Gasteiger partial charge in [0.05, 0.1) is 23.8 Å². The molecule has 3 heterocycles. The summed E-state index contributed by atoms with van der Waals surface area (Å²) in [7, 11) is 1.55. The molecule has 188 valence electrons. The number of hydrogen-bond acceptors (Lipinski definition) is 7. The highest BCUT2D eigenvalue weighted by molar-refractivity contribution is 5.96. The minimum atomic E-state index is -0.942. The Balaban J connectivity index is 1.34. The normalized spacial score (nSPS) is 15.8. The highest BCUT2D eigenvalue weighted by atomic mass is 19.1. The molecule has 1 atom stereocenters. The number of H-pyrrole nitrogens is 1. The predicted molar refractivity (Wildman–Crippen MR) is 130 cm³/mol. The lowest BCUT2D eigenvalue weighted by Gasteiger charge is -2.47. The van der Waals surface area contributed by atoms with Crippen molar-refractivity contribution in [1.82, 2.24) is 20.3 Å². The summed E-state index contributed by atoms with van der Waals surface area (Å²) >= 11 is 0. The number of aromatic nitrogens is 3. The van der Waals surface area contributed by atoms with Crippen LogP contribution in [0.5, 0.6) is 5.75 Å². The molecule has 1 fully saturated rings. The van der Waals surface area contributed by atoms with E-state index in [9.17, 15) is 14.3 Å². The van der Waals surface area contributed by atoms with Gasteiger partial charge < -0.3 is 24.0 Å². The summed E-state index contributed by atoms with van der Waals surface area (Å²) < 4.78 is 30.4. The second-order valence-corrected chi connectivity index (χ2v) is 9.35. The van der Waals surface area contributed by atoms with Crippen molar-refractivity contribution < 1.29 is 28.3 Å². The Morgan fingerprint density at radius 1 is 1.25 bits per heavy atom.